The molecule has 7 nitrogen and oxygen atoms in total. The van der Waals surface area contributed by atoms with E-state index in [1.807, 2.05) is 0 Å². The van der Waals surface area contributed by atoms with Crippen molar-refractivity contribution in [1.29, 1.82) is 0 Å². The van der Waals surface area contributed by atoms with Crippen molar-refractivity contribution in [2.75, 3.05) is 44.1 Å². The molecule has 1 saturated heterocycles. The van der Waals surface area contributed by atoms with Crippen molar-refractivity contribution in [1.82, 2.24) is 10.2 Å². The van der Waals surface area contributed by atoms with Gasteiger partial charge >= 0.3 is 0 Å². The molecule has 162 valence electrons. The molecular weight excluding hydrogens is 402 g/mol. The van der Waals surface area contributed by atoms with Crippen molar-refractivity contribution in [3.63, 3.8) is 0 Å². The zero-order chi connectivity index (χ0) is 21.4. The molecule has 0 saturated carbocycles. The molecule has 1 aliphatic rings. The van der Waals surface area contributed by atoms with Crippen LogP contribution in [0.5, 0.6) is 5.75 Å². The van der Waals surface area contributed by atoms with Gasteiger partial charge in [0, 0.05) is 6.54 Å². The number of carbonyl (C=O) groups excluding carboxylic acids is 1. The highest BCUT2D eigenvalue weighted by Crippen LogP contribution is 2.25. The quantitative estimate of drug-likeness (QED) is 0.585. The minimum Gasteiger partial charge on any atom is -0.497 e. The normalized spacial score (nSPS) is 14.4. The van der Waals surface area contributed by atoms with E-state index < -0.39 is 10.0 Å². The number of amides is 1. The van der Waals surface area contributed by atoms with Crippen LogP contribution < -0.4 is 14.4 Å². The number of nitrogens with zero attached hydrogens (tertiary/aromatic N) is 2. The summed E-state index contributed by atoms with van der Waals surface area (Å²) in [6.45, 7) is 3.43. The van der Waals surface area contributed by atoms with Gasteiger partial charge in [-0.05, 0) is 75.3 Å². The average Bonchev–Trinajstić information content (AvgIpc) is 3.29. The van der Waals surface area contributed by atoms with Crippen molar-refractivity contribution in [2.45, 2.75) is 24.2 Å². The molecule has 0 atom stereocenters. The maximum atomic E-state index is 13.2. The Labute approximate surface area is 178 Å². The number of hydrogen-bond acceptors (Lipinski definition) is 5. The van der Waals surface area contributed by atoms with Crippen molar-refractivity contribution in [2.24, 2.45) is 0 Å². The number of rotatable bonds is 10. The van der Waals surface area contributed by atoms with E-state index in [9.17, 15) is 13.2 Å². The van der Waals surface area contributed by atoms with Crippen molar-refractivity contribution in [3.05, 3.63) is 54.6 Å². The lowest BCUT2D eigenvalue weighted by molar-refractivity contribution is -0.119. The fraction of sp³-hybridized carbons (Fsp3) is 0.409. The molecule has 0 aromatic heterocycles. The lowest BCUT2D eigenvalue weighted by Crippen LogP contribution is -2.41. The summed E-state index contributed by atoms with van der Waals surface area (Å²) in [4.78, 5) is 15.1. The number of anilines is 1. The Hall–Kier alpha value is -2.58. The Balaban J connectivity index is 1.69. The molecule has 0 radical (unpaired) electrons. The highest BCUT2D eigenvalue weighted by atomic mass is 32.2. The van der Waals surface area contributed by atoms with Crippen LogP contribution in [-0.2, 0) is 14.8 Å². The zero-order valence-electron chi connectivity index (χ0n) is 17.3. The van der Waals surface area contributed by atoms with Crippen LogP contribution in [0.1, 0.15) is 19.3 Å². The van der Waals surface area contributed by atoms with Crippen molar-refractivity contribution >= 4 is 21.6 Å². The number of ether oxygens (including phenoxy) is 1. The lowest BCUT2D eigenvalue weighted by Gasteiger charge is -2.24. The third-order valence-corrected chi connectivity index (χ3v) is 6.94. The number of nitrogens with one attached hydrogen (secondary N) is 1. The highest BCUT2D eigenvalue weighted by Gasteiger charge is 2.27. The van der Waals surface area contributed by atoms with Gasteiger partial charge in [0.15, 0.2) is 0 Å². The van der Waals surface area contributed by atoms with Gasteiger partial charge in [-0.3, -0.25) is 9.10 Å². The summed E-state index contributed by atoms with van der Waals surface area (Å²) in [6.07, 6.45) is 3.32. The first kappa shape index (κ1) is 22.1. The SMILES string of the molecule is COc1ccc(N(CC(=O)NCCCN2CCCC2)S(=O)(=O)c2ccccc2)cc1. The van der Waals surface area contributed by atoms with Gasteiger partial charge in [0.25, 0.3) is 10.0 Å². The lowest BCUT2D eigenvalue weighted by atomic mass is 10.3. The monoisotopic (exact) mass is 431 g/mol. The fourth-order valence-electron chi connectivity index (χ4n) is 3.51. The van der Waals surface area contributed by atoms with Gasteiger partial charge in [-0.15, -0.1) is 0 Å². The Morgan fingerprint density at radius 3 is 2.37 bits per heavy atom. The second kappa shape index (κ2) is 10.4. The van der Waals surface area contributed by atoms with Crippen molar-refractivity contribution in [3.8, 4) is 5.75 Å². The minimum absolute atomic E-state index is 0.141. The number of methoxy groups -OCH3 is 1. The molecule has 2 aromatic carbocycles. The summed E-state index contributed by atoms with van der Waals surface area (Å²) in [7, 11) is -2.34. The predicted molar refractivity (Wildman–Crippen MR) is 117 cm³/mol. The molecular formula is C22H29N3O4S. The van der Waals surface area contributed by atoms with Gasteiger partial charge in [0.2, 0.25) is 5.91 Å². The van der Waals surface area contributed by atoms with E-state index in [2.05, 4.69) is 10.2 Å². The molecule has 0 spiro atoms. The number of benzene rings is 2. The number of carbonyl (C=O) groups is 1. The van der Waals surface area contributed by atoms with Crippen LogP contribution in [0.4, 0.5) is 5.69 Å². The standard InChI is InChI=1S/C22H29N3O4S/c1-29-20-12-10-19(11-13-20)25(30(27,28)21-8-3-2-4-9-21)18-22(26)23-14-7-17-24-15-5-6-16-24/h2-4,8-13H,5-7,14-18H2,1H3,(H,23,26). The van der Waals surface area contributed by atoms with E-state index in [-0.39, 0.29) is 17.3 Å². The van der Waals surface area contributed by atoms with Gasteiger partial charge in [0.1, 0.15) is 12.3 Å². The summed E-state index contributed by atoms with van der Waals surface area (Å²) >= 11 is 0. The molecule has 1 aliphatic heterocycles. The van der Waals surface area contributed by atoms with E-state index >= 15 is 0 Å². The molecule has 1 fully saturated rings. The maximum absolute atomic E-state index is 13.2. The van der Waals surface area contributed by atoms with E-state index in [4.69, 9.17) is 4.74 Å². The smallest absolute Gasteiger partial charge is 0.264 e. The summed E-state index contributed by atoms with van der Waals surface area (Å²) in [5, 5.41) is 2.86. The van der Waals surface area contributed by atoms with Gasteiger partial charge < -0.3 is 15.0 Å². The fourth-order valence-corrected chi connectivity index (χ4v) is 4.95. The molecule has 0 bridgehead atoms. The summed E-state index contributed by atoms with van der Waals surface area (Å²) in [5.74, 6) is 0.286. The third kappa shape index (κ3) is 5.73. The van der Waals surface area contributed by atoms with E-state index in [1.54, 1.807) is 49.6 Å². The molecule has 3 rings (SSSR count). The van der Waals surface area contributed by atoms with Crippen LogP contribution in [-0.4, -0.2) is 59.1 Å². The maximum Gasteiger partial charge on any atom is 0.264 e. The zero-order valence-corrected chi connectivity index (χ0v) is 18.1. The molecule has 1 N–H and O–H groups in total. The van der Waals surface area contributed by atoms with E-state index in [1.165, 1.54) is 25.0 Å². The molecule has 8 heteroatoms. The minimum atomic E-state index is -3.89. The second-order valence-corrected chi connectivity index (χ2v) is 9.14. The molecule has 1 heterocycles. The molecule has 2 aromatic rings. The summed E-state index contributed by atoms with van der Waals surface area (Å²) in [5.41, 5.74) is 0.409. The van der Waals surface area contributed by atoms with Crippen LogP contribution >= 0.6 is 0 Å². The third-order valence-electron chi connectivity index (χ3n) is 5.15. The summed E-state index contributed by atoms with van der Waals surface area (Å²) in [6, 6.07) is 14.8. The number of likely N-dealkylation sites (tertiary alicyclic amines) is 1. The first-order valence-electron chi connectivity index (χ1n) is 10.2. The molecule has 0 aliphatic carbocycles. The summed E-state index contributed by atoms with van der Waals surface area (Å²) < 4.78 is 32.8. The van der Waals surface area contributed by atoms with Crippen LogP contribution in [0.15, 0.2) is 59.5 Å². The van der Waals surface area contributed by atoms with Crippen molar-refractivity contribution < 1.29 is 17.9 Å². The van der Waals surface area contributed by atoms with Gasteiger partial charge in [0.05, 0.1) is 17.7 Å². The molecule has 30 heavy (non-hydrogen) atoms. The second-order valence-electron chi connectivity index (χ2n) is 7.28. The highest BCUT2D eigenvalue weighted by molar-refractivity contribution is 7.92. The van der Waals surface area contributed by atoms with Crippen LogP contribution in [0.25, 0.3) is 0 Å². The Morgan fingerprint density at radius 1 is 1.07 bits per heavy atom. The van der Waals surface area contributed by atoms with Crippen LogP contribution in [0.2, 0.25) is 0 Å². The average molecular weight is 432 g/mol. The number of sulfonamides is 1. The first-order valence-corrected chi connectivity index (χ1v) is 11.7. The van der Waals surface area contributed by atoms with Gasteiger partial charge in [-0.2, -0.15) is 0 Å². The van der Waals surface area contributed by atoms with E-state index in [0.29, 0.717) is 18.0 Å². The largest absolute Gasteiger partial charge is 0.497 e. The van der Waals surface area contributed by atoms with Gasteiger partial charge in [-0.25, -0.2) is 8.42 Å². The first-order chi connectivity index (χ1) is 14.5. The Morgan fingerprint density at radius 2 is 1.73 bits per heavy atom. The number of hydrogen-bond donors (Lipinski definition) is 1. The predicted octanol–water partition coefficient (Wildman–Crippen LogP) is 2.49. The van der Waals surface area contributed by atoms with E-state index in [0.717, 1.165) is 30.4 Å². The Bertz CT molecular complexity index is 911. The van der Waals surface area contributed by atoms with Crippen LogP contribution in [0, 0.1) is 0 Å². The topological polar surface area (TPSA) is 79.0 Å². The molecule has 1 amide bonds. The van der Waals surface area contributed by atoms with Gasteiger partial charge in [-0.1, -0.05) is 18.2 Å². The molecule has 0 unspecified atom stereocenters. The van der Waals surface area contributed by atoms with Crippen LogP contribution in [0.3, 0.4) is 0 Å². The Kier molecular flexibility index (Phi) is 7.70.